The summed E-state index contributed by atoms with van der Waals surface area (Å²) in [5, 5.41) is 8.00. The predicted molar refractivity (Wildman–Crippen MR) is 166 cm³/mol. The van der Waals surface area contributed by atoms with Gasteiger partial charge in [-0.25, -0.2) is 4.68 Å². The molecule has 0 saturated heterocycles. The fraction of sp³-hybridized carbons (Fsp3) is 0.303. The molecule has 1 N–H and O–H groups in total. The van der Waals surface area contributed by atoms with Crippen LogP contribution in [0.25, 0.3) is 16.9 Å². The predicted octanol–water partition coefficient (Wildman–Crippen LogP) is 5.97. The van der Waals surface area contributed by atoms with Crippen molar-refractivity contribution in [3.8, 4) is 28.4 Å². The van der Waals surface area contributed by atoms with E-state index in [9.17, 15) is 9.59 Å². The van der Waals surface area contributed by atoms with Crippen LogP contribution in [-0.4, -0.2) is 46.7 Å². The molecule has 6 rings (SSSR count). The molecule has 3 aromatic carbocycles. The topological polar surface area (TPSA) is 85.7 Å². The van der Waals surface area contributed by atoms with Gasteiger partial charge in [-0.15, -0.1) is 11.8 Å². The van der Waals surface area contributed by atoms with Gasteiger partial charge in [0.1, 0.15) is 12.4 Å². The maximum absolute atomic E-state index is 14.0. The lowest BCUT2D eigenvalue weighted by molar-refractivity contribution is -0.123. The van der Waals surface area contributed by atoms with Crippen molar-refractivity contribution >= 4 is 29.4 Å². The summed E-state index contributed by atoms with van der Waals surface area (Å²) < 4.78 is 13.2. The average Bonchev–Trinajstić information content (AvgIpc) is 3.59. The van der Waals surface area contributed by atoms with E-state index in [0.29, 0.717) is 17.3 Å². The minimum absolute atomic E-state index is 0.00128. The quantitative estimate of drug-likeness (QED) is 0.289. The van der Waals surface area contributed by atoms with Gasteiger partial charge in [-0.05, 0) is 62.1 Å². The normalized spacial score (nSPS) is 16.6. The molecule has 0 saturated carbocycles. The van der Waals surface area contributed by atoms with Crippen molar-refractivity contribution in [1.29, 1.82) is 0 Å². The number of amides is 2. The Balaban J connectivity index is 1.62. The number of benzene rings is 3. The van der Waals surface area contributed by atoms with Gasteiger partial charge in [-0.3, -0.25) is 14.5 Å². The molecule has 2 atom stereocenters. The molecule has 216 valence electrons. The zero-order valence-corrected chi connectivity index (χ0v) is 25.0. The largest absolute Gasteiger partial charge is 0.454 e. The molecule has 2 unspecified atom stereocenters. The van der Waals surface area contributed by atoms with Crippen molar-refractivity contribution in [2.24, 2.45) is 0 Å². The van der Waals surface area contributed by atoms with Crippen LogP contribution in [0.5, 0.6) is 11.5 Å². The highest BCUT2D eigenvalue weighted by atomic mass is 32.2. The third kappa shape index (κ3) is 5.13. The molecule has 42 heavy (non-hydrogen) atoms. The molecule has 0 spiro atoms. The Hall–Kier alpha value is -4.24. The number of hydrogen-bond acceptors (Lipinski definition) is 6. The molecule has 9 heteroatoms. The molecule has 3 heterocycles. The van der Waals surface area contributed by atoms with E-state index in [1.165, 1.54) is 11.8 Å². The van der Waals surface area contributed by atoms with E-state index in [1.54, 1.807) is 4.90 Å². The van der Waals surface area contributed by atoms with Crippen molar-refractivity contribution in [2.75, 3.05) is 24.0 Å². The molecular weight excluding hydrogens is 548 g/mol. The standard InChI is InChI=1S/C33H34N4O4S/c1-5-21(3)34-28(38)17-36-29(39)18-42-32(24-14-15-26-27(16-24)41-19-40-26)30-31(23-11-7-6-8-12-23)35-37(33(30)36)25-13-9-10-20(2)22(25)4/h6-16,21,32H,5,17-19H2,1-4H3,(H,34,38). The number of ether oxygens (including phenoxy) is 2. The van der Waals surface area contributed by atoms with Gasteiger partial charge in [0.25, 0.3) is 0 Å². The average molecular weight is 583 g/mol. The van der Waals surface area contributed by atoms with Crippen LogP contribution in [0.15, 0.2) is 66.7 Å². The van der Waals surface area contributed by atoms with Crippen molar-refractivity contribution in [3.63, 3.8) is 0 Å². The van der Waals surface area contributed by atoms with E-state index >= 15 is 0 Å². The molecule has 0 bridgehead atoms. The Morgan fingerprint density at radius 2 is 1.86 bits per heavy atom. The van der Waals surface area contributed by atoms with Crippen LogP contribution in [0.1, 0.15) is 47.8 Å². The number of anilines is 1. The van der Waals surface area contributed by atoms with Crippen molar-refractivity contribution < 1.29 is 19.1 Å². The first-order valence-electron chi connectivity index (χ1n) is 14.2. The Labute approximate surface area is 250 Å². The van der Waals surface area contributed by atoms with Crippen LogP contribution in [0.2, 0.25) is 0 Å². The lowest BCUT2D eigenvalue weighted by Crippen LogP contribution is -2.44. The number of nitrogens with one attached hydrogen (secondary N) is 1. The monoisotopic (exact) mass is 582 g/mol. The number of nitrogens with zero attached hydrogens (tertiary/aromatic N) is 3. The SMILES string of the molecule is CCC(C)NC(=O)CN1C(=O)CSC(c2ccc3c(c2)OCO3)c2c(-c3ccccc3)nn(-c3cccc(C)c3C)c21. The van der Waals surface area contributed by atoms with Gasteiger partial charge in [-0.2, -0.15) is 5.10 Å². The van der Waals surface area contributed by atoms with E-state index in [4.69, 9.17) is 14.6 Å². The van der Waals surface area contributed by atoms with Crippen LogP contribution in [0, 0.1) is 13.8 Å². The third-order valence-corrected chi connectivity index (χ3v) is 9.22. The molecule has 1 aromatic heterocycles. The minimum Gasteiger partial charge on any atom is -0.454 e. The maximum atomic E-state index is 14.0. The Morgan fingerprint density at radius 1 is 1.07 bits per heavy atom. The van der Waals surface area contributed by atoms with Gasteiger partial charge in [0.2, 0.25) is 18.6 Å². The molecule has 8 nitrogen and oxygen atoms in total. The molecule has 4 aromatic rings. The first-order valence-corrected chi connectivity index (χ1v) is 15.3. The highest BCUT2D eigenvalue weighted by Crippen LogP contribution is 2.50. The fourth-order valence-corrected chi connectivity index (χ4v) is 6.55. The summed E-state index contributed by atoms with van der Waals surface area (Å²) in [7, 11) is 0. The van der Waals surface area contributed by atoms with Crippen LogP contribution in [-0.2, 0) is 9.59 Å². The number of aromatic nitrogens is 2. The van der Waals surface area contributed by atoms with Gasteiger partial charge < -0.3 is 14.8 Å². The van der Waals surface area contributed by atoms with Crippen molar-refractivity contribution in [3.05, 3.63) is 89.0 Å². The molecular formula is C33H34N4O4S. The van der Waals surface area contributed by atoms with Gasteiger partial charge in [0.05, 0.1) is 22.4 Å². The van der Waals surface area contributed by atoms with Crippen LogP contribution >= 0.6 is 11.8 Å². The molecule has 2 amide bonds. The van der Waals surface area contributed by atoms with Crippen molar-refractivity contribution in [2.45, 2.75) is 45.4 Å². The lowest BCUT2D eigenvalue weighted by atomic mass is 9.99. The summed E-state index contributed by atoms with van der Waals surface area (Å²) in [6, 6.07) is 22.0. The molecule has 0 radical (unpaired) electrons. The number of thioether (sulfide) groups is 1. The summed E-state index contributed by atoms with van der Waals surface area (Å²) in [4.78, 5) is 28.9. The highest BCUT2D eigenvalue weighted by Gasteiger charge is 2.38. The summed E-state index contributed by atoms with van der Waals surface area (Å²) >= 11 is 1.53. The molecule has 2 aliphatic rings. The van der Waals surface area contributed by atoms with E-state index < -0.39 is 0 Å². The van der Waals surface area contributed by atoms with Gasteiger partial charge in [0, 0.05) is 17.2 Å². The molecule has 0 aliphatic carbocycles. The number of fused-ring (bicyclic) bond motifs is 2. The van der Waals surface area contributed by atoms with E-state index in [0.717, 1.165) is 45.6 Å². The Kier molecular flexibility index (Phi) is 7.68. The van der Waals surface area contributed by atoms with E-state index in [1.807, 2.05) is 79.2 Å². The van der Waals surface area contributed by atoms with Crippen molar-refractivity contribution in [1.82, 2.24) is 15.1 Å². The maximum Gasteiger partial charge on any atom is 0.240 e. The fourth-order valence-electron chi connectivity index (χ4n) is 5.37. The van der Waals surface area contributed by atoms with Gasteiger partial charge in [0.15, 0.2) is 11.5 Å². The first kappa shape index (κ1) is 27.9. The van der Waals surface area contributed by atoms with Crippen LogP contribution < -0.4 is 19.7 Å². The second-order valence-corrected chi connectivity index (χ2v) is 11.8. The molecule has 2 aliphatic heterocycles. The van der Waals surface area contributed by atoms with E-state index in [2.05, 4.69) is 25.2 Å². The third-order valence-electron chi connectivity index (χ3n) is 7.96. The molecule has 0 fully saturated rings. The Bertz CT molecular complexity index is 1650. The number of aryl methyl sites for hydroxylation is 1. The Morgan fingerprint density at radius 3 is 2.64 bits per heavy atom. The number of rotatable bonds is 7. The van der Waals surface area contributed by atoms with Crippen LogP contribution in [0.3, 0.4) is 0 Å². The highest BCUT2D eigenvalue weighted by molar-refractivity contribution is 8.00. The summed E-state index contributed by atoms with van der Waals surface area (Å²) in [6.45, 7) is 8.19. The second kappa shape index (κ2) is 11.6. The van der Waals surface area contributed by atoms with Gasteiger partial charge >= 0.3 is 0 Å². The van der Waals surface area contributed by atoms with E-state index in [-0.39, 0.29) is 42.2 Å². The summed E-state index contributed by atoms with van der Waals surface area (Å²) in [5.41, 5.74) is 6.59. The number of carbonyl (C=O) groups is 2. The number of hydrogen-bond donors (Lipinski definition) is 1. The lowest BCUT2D eigenvalue weighted by Gasteiger charge is -2.24. The summed E-state index contributed by atoms with van der Waals surface area (Å²) in [6.07, 6.45) is 0.797. The van der Waals surface area contributed by atoms with Crippen LogP contribution in [0.4, 0.5) is 5.82 Å². The van der Waals surface area contributed by atoms with Gasteiger partial charge in [-0.1, -0.05) is 55.5 Å². The number of carbonyl (C=O) groups excluding carboxylic acids is 2. The summed E-state index contributed by atoms with van der Waals surface area (Å²) in [5.74, 6) is 1.84. The first-order chi connectivity index (χ1) is 20.4. The smallest absolute Gasteiger partial charge is 0.240 e. The zero-order chi connectivity index (χ0) is 29.4. The minimum atomic E-state index is -0.254. The zero-order valence-electron chi connectivity index (χ0n) is 24.2. The second-order valence-electron chi connectivity index (χ2n) is 10.7.